The van der Waals surface area contributed by atoms with Crippen molar-refractivity contribution in [2.45, 2.75) is 280 Å². The predicted molar refractivity (Wildman–Crippen MR) is 296 cm³/mol. The average molecular weight is 1410 g/mol. The van der Waals surface area contributed by atoms with Crippen molar-refractivity contribution >= 4 is 17.7 Å². The molecule has 42 heteroatoms. The zero-order valence-electron chi connectivity index (χ0n) is 52.1. The van der Waals surface area contributed by atoms with Gasteiger partial charge in [-0.15, -0.1) is 0 Å². The maximum Gasteiger partial charge on any atom is 0.217 e. The van der Waals surface area contributed by atoms with E-state index in [0.717, 1.165) is 20.8 Å². The molecule has 8 saturated heterocycles. The molecule has 0 saturated carbocycles. The summed E-state index contributed by atoms with van der Waals surface area (Å²) in [5, 5.41) is 239. The zero-order valence-corrected chi connectivity index (χ0v) is 52.1. The number of carbonyl (C=O) groups is 3. The van der Waals surface area contributed by atoms with Gasteiger partial charge in [0.25, 0.3) is 0 Å². The number of carbonyl (C=O) groups excluding carboxylic acids is 3. The summed E-state index contributed by atoms with van der Waals surface area (Å²) in [6, 6.07) is -5.66. The van der Waals surface area contributed by atoms with Gasteiger partial charge in [0.05, 0.1) is 51.8 Å². The molecule has 0 radical (unpaired) electrons. The molecule has 8 rings (SSSR count). The molecule has 556 valence electrons. The molecular weight excluding hydrogens is 1310 g/mol. The second-order valence-electron chi connectivity index (χ2n) is 24.5. The number of hydrogen-bond acceptors (Lipinski definition) is 39. The van der Waals surface area contributed by atoms with Crippen LogP contribution in [-0.2, 0) is 85.4 Å². The highest BCUT2D eigenvalue weighted by molar-refractivity contribution is 5.74. The highest BCUT2D eigenvalue weighted by Gasteiger charge is 2.61. The molecule has 3 amide bonds. The van der Waals surface area contributed by atoms with Gasteiger partial charge in [-0.25, -0.2) is 0 Å². The lowest BCUT2D eigenvalue weighted by molar-refractivity contribution is -0.408. The number of aliphatic hydroxyl groups is 21. The molecule has 96 heavy (non-hydrogen) atoms. The van der Waals surface area contributed by atoms with Gasteiger partial charge in [-0.2, -0.15) is 0 Å². The van der Waals surface area contributed by atoms with Gasteiger partial charge in [0.2, 0.25) is 17.7 Å². The summed E-state index contributed by atoms with van der Waals surface area (Å²) in [6.45, 7) is -1.16. The van der Waals surface area contributed by atoms with Crippen LogP contribution in [0, 0.1) is 0 Å². The smallest absolute Gasteiger partial charge is 0.217 e. The Bertz CT molecular complexity index is 2480. The highest BCUT2D eigenvalue weighted by Crippen LogP contribution is 2.40. The minimum atomic E-state index is -2.30. The Kier molecular flexibility index (Phi) is 27.7. The fourth-order valence-electron chi connectivity index (χ4n) is 12.5. The number of rotatable bonds is 23. The first-order valence-corrected chi connectivity index (χ1v) is 30.8. The Morgan fingerprint density at radius 2 is 0.573 bits per heavy atom. The first kappa shape index (κ1) is 78.7. The Balaban J connectivity index is 1.18. The van der Waals surface area contributed by atoms with Crippen LogP contribution >= 0.6 is 0 Å². The van der Waals surface area contributed by atoms with Crippen LogP contribution in [0.5, 0.6) is 0 Å². The summed E-state index contributed by atoms with van der Waals surface area (Å²) < 4.78 is 90.1. The number of hydrogen-bond donors (Lipinski definition) is 24. The molecule has 0 aromatic carbocycles. The quantitative estimate of drug-likeness (QED) is 0.0452. The Morgan fingerprint density at radius 1 is 0.271 bits per heavy atom. The van der Waals surface area contributed by atoms with E-state index in [1.165, 1.54) is 13.8 Å². The SMILES string of the molecule is CC(=O)N[C@H]1[C@H](O[C@@H]2[C@@H](O)[C@H](O)O[C@H](CO)[C@@H]2O)O[C@H](CO)[C@@H](O[C@@H]2O[C@H](CO)[C@H](O)[C@H](O[C@H]3O[C@H](CO)[C@H](O)[C@H](O[C@@H]4O[C@H](CO)[C@H](O)[C@H](O[C@H]5O[C@H](CO)[C@H](O)[C@H](O)[C@H]5NC(C)=O)[C@H]4O[C@@H]4O[C@@H](C)[C@@H](O)[C@@H](O)[C@@H]4O)[C@H]3NC(C)=O)[C@H]2O[C@@H]2O[C@@H](C)[C@@H](O)[C@@H](O)[C@@H]2O)[C@@H]1O. The van der Waals surface area contributed by atoms with Gasteiger partial charge in [0, 0.05) is 20.8 Å². The first-order valence-electron chi connectivity index (χ1n) is 30.8. The lowest BCUT2D eigenvalue weighted by atomic mass is 9.93. The largest absolute Gasteiger partial charge is 0.394 e. The normalized spacial score (nSPS) is 50.3. The van der Waals surface area contributed by atoms with Gasteiger partial charge in [-0.3, -0.25) is 14.4 Å². The fraction of sp³-hybridized carbons (Fsp3) is 0.944. The zero-order chi connectivity index (χ0) is 70.8. The molecule has 0 bridgehead atoms. The number of aliphatic hydroxyl groups excluding tert-OH is 21. The molecular formula is C54H91N3O39. The molecule has 40 atom stereocenters. The van der Waals surface area contributed by atoms with E-state index in [4.69, 9.17) is 71.1 Å². The second kappa shape index (κ2) is 33.8. The molecule has 24 N–H and O–H groups in total. The predicted octanol–water partition coefficient (Wildman–Crippen LogP) is -16.0. The lowest BCUT2D eigenvalue weighted by Crippen LogP contribution is -2.72. The molecule has 8 heterocycles. The van der Waals surface area contributed by atoms with Crippen molar-refractivity contribution < 1.29 is 193 Å². The van der Waals surface area contributed by atoms with Crippen molar-refractivity contribution in [2.75, 3.05) is 39.6 Å². The van der Waals surface area contributed by atoms with Crippen LogP contribution < -0.4 is 16.0 Å². The molecule has 0 unspecified atom stereocenters. The molecule has 8 fully saturated rings. The van der Waals surface area contributed by atoms with Gasteiger partial charge in [-0.1, -0.05) is 0 Å². The average Bonchev–Trinajstić information content (AvgIpc) is 0.764. The van der Waals surface area contributed by atoms with E-state index in [1.807, 2.05) is 0 Å². The third kappa shape index (κ3) is 16.9. The van der Waals surface area contributed by atoms with Crippen molar-refractivity contribution in [1.29, 1.82) is 0 Å². The van der Waals surface area contributed by atoms with Crippen LogP contribution in [0.3, 0.4) is 0 Å². The number of ether oxygens (including phenoxy) is 15. The van der Waals surface area contributed by atoms with Crippen LogP contribution in [0.15, 0.2) is 0 Å². The van der Waals surface area contributed by atoms with Gasteiger partial charge in [0.1, 0.15) is 183 Å². The van der Waals surface area contributed by atoms with Gasteiger partial charge < -0.3 is 194 Å². The van der Waals surface area contributed by atoms with Crippen LogP contribution in [0.25, 0.3) is 0 Å². The van der Waals surface area contributed by atoms with Gasteiger partial charge in [0.15, 0.2) is 50.3 Å². The van der Waals surface area contributed by atoms with Crippen molar-refractivity contribution in [3.63, 3.8) is 0 Å². The third-order valence-electron chi connectivity index (χ3n) is 17.8. The summed E-state index contributed by atoms with van der Waals surface area (Å²) in [7, 11) is 0. The molecule has 42 nitrogen and oxygen atoms in total. The second-order valence-corrected chi connectivity index (χ2v) is 24.5. The maximum absolute atomic E-state index is 13.5. The Hall–Kier alpha value is -3.03. The summed E-state index contributed by atoms with van der Waals surface area (Å²) in [6.07, 6.45) is -74.3. The van der Waals surface area contributed by atoms with Crippen LogP contribution in [0.4, 0.5) is 0 Å². The summed E-state index contributed by atoms with van der Waals surface area (Å²) in [5.74, 6) is -2.74. The van der Waals surface area contributed by atoms with Crippen molar-refractivity contribution in [3.05, 3.63) is 0 Å². The summed E-state index contributed by atoms with van der Waals surface area (Å²) >= 11 is 0. The molecule has 0 spiro atoms. The van der Waals surface area contributed by atoms with Gasteiger partial charge in [-0.05, 0) is 13.8 Å². The minimum Gasteiger partial charge on any atom is -0.394 e. The van der Waals surface area contributed by atoms with E-state index < -0.39 is 303 Å². The third-order valence-corrected chi connectivity index (χ3v) is 17.8. The maximum atomic E-state index is 13.5. The number of nitrogens with one attached hydrogen (secondary N) is 3. The summed E-state index contributed by atoms with van der Waals surface area (Å²) in [5.41, 5.74) is 0. The monoisotopic (exact) mass is 1410 g/mol. The Morgan fingerprint density at radius 3 is 0.990 bits per heavy atom. The van der Waals surface area contributed by atoms with E-state index in [2.05, 4.69) is 16.0 Å². The van der Waals surface area contributed by atoms with Crippen molar-refractivity contribution in [2.24, 2.45) is 0 Å². The standard InChI is InChI=1S/C54H91N3O39/c1-12-26(67)35(76)37(78)51(82-12)95-45-44(32(73)20(9-61)87-53(45)90-40-22(11-63)89-49(24(34(40)75)56-15(4)65)92-42-30(71)18(7-59)84-47(81)39(42)80)94-50-25(57-16(5)66)41(29(70)19(8-60)86-50)91-54-46(96-52-38(79)36(77)27(68)13(2)83-52)43(31(72)21(10-62)88-54)93-48-23(55-14(3)64)33(74)28(69)17(6-58)85-48/h12-13,17-54,58-63,67-81H,6-11H2,1-5H3,(H,55,64)(H,56,65)(H,57,66)/t12-,13-,17+,18+,19+,20+,21+,22+,23+,24+,25+,26+,27+,28-,29-,30-,31-,32-,33+,34+,35+,36+,37-,38-,39+,40+,41+,42-,43-,44-,45+,46+,47+,48+,49-,50+,51-,52-,53-,54-/m0/s1. The van der Waals surface area contributed by atoms with E-state index in [0.29, 0.717) is 0 Å². The molecule has 0 aliphatic carbocycles. The van der Waals surface area contributed by atoms with Crippen LogP contribution in [-0.4, -0.2) is 410 Å². The molecule has 0 aromatic rings. The molecule has 8 aliphatic rings. The first-order chi connectivity index (χ1) is 45.3. The lowest BCUT2D eigenvalue weighted by Gasteiger charge is -2.52. The van der Waals surface area contributed by atoms with E-state index in [9.17, 15) is 122 Å². The van der Waals surface area contributed by atoms with Crippen LogP contribution in [0.1, 0.15) is 34.6 Å². The Labute approximate surface area is 545 Å². The fourth-order valence-corrected chi connectivity index (χ4v) is 12.5. The topological polar surface area (TPSA) is 651 Å². The minimum absolute atomic E-state index is 0.842. The van der Waals surface area contributed by atoms with E-state index in [1.54, 1.807) is 0 Å². The van der Waals surface area contributed by atoms with E-state index >= 15 is 0 Å². The molecule has 0 aromatic heterocycles. The molecule has 8 aliphatic heterocycles. The number of amides is 3. The highest BCUT2D eigenvalue weighted by atomic mass is 16.8. The van der Waals surface area contributed by atoms with Crippen molar-refractivity contribution in [3.8, 4) is 0 Å². The van der Waals surface area contributed by atoms with Crippen molar-refractivity contribution in [1.82, 2.24) is 16.0 Å². The van der Waals surface area contributed by atoms with Gasteiger partial charge >= 0.3 is 0 Å². The van der Waals surface area contributed by atoms with Crippen LogP contribution in [0.2, 0.25) is 0 Å². The summed E-state index contributed by atoms with van der Waals surface area (Å²) in [4.78, 5) is 38.8. The van der Waals surface area contributed by atoms with E-state index in [-0.39, 0.29) is 0 Å².